The number of ketones is 1. The molecule has 1 aromatic heterocycles. The molecule has 0 saturated heterocycles. The zero-order valence-corrected chi connectivity index (χ0v) is 11.0. The highest BCUT2D eigenvalue weighted by Gasteiger charge is 2.17. The van der Waals surface area contributed by atoms with E-state index in [1.54, 1.807) is 0 Å². The van der Waals surface area contributed by atoms with Gasteiger partial charge in [-0.1, -0.05) is 23.2 Å². The third kappa shape index (κ3) is 2.19. The Labute approximate surface area is 114 Å². The van der Waals surface area contributed by atoms with Crippen molar-refractivity contribution in [3.63, 3.8) is 0 Å². The van der Waals surface area contributed by atoms with Crippen molar-refractivity contribution in [3.8, 4) is 0 Å². The fourth-order valence-corrected chi connectivity index (χ4v) is 2.00. The second kappa shape index (κ2) is 4.96. The highest BCUT2D eigenvalue weighted by molar-refractivity contribution is 6.39. The average molecular weight is 285 g/mol. The van der Waals surface area contributed by atoms with Crippen LogP contribution >= 0.6 is 23.2 Å². The number of aromatic nitrogens is 3. The largest absolute Gasteiger partial charge is 0.396 e. The van der Waals surface area contributed by atoms with Gasteiger partial charge in [-0.2, -0.15) is 5.10 Å². The van der Waals surface area contributed by atoms with Gasteiger partial charge >= 0.3 is 0 Å². The van der Waals surface area contributed by atoms with Crippen LogP contribution in [0.1, 0.15) is 23.1 Å². The molecule has 0 amide bonds. The summed E-state index contributed by atoms with van der Waals surface area (Å²) in [6.45, 7) is 2.42. The second-order valence-electron chi connectivity index (χ2n) is 3.58. The Hall–Kier alpha value is -1.59. The minimum atomic E-state index is -0.293. The van der Waals surface area contributed by atoms with Gasteiger partial charge < -0.3 is 5.73 Å². The summed E-state index contributed by atoms with van der Waals surface area (Å²) < 4.78 is 1.50. The molecule has 1 aromatic carbocycles. The number of nitrogen functional groups attached to an aromatic ring is 1. The molecule has 7 heteroatoms. The minimum Gasteiger partial charge on any atom is -0.396 e. The first-order chi connectivity index (χ1) is 8.54. The van der Waals surface area contributed by atoms with E-state index < -0.39 is 0 Å². The molecular formula is C11H10Cl2N4O. The topological polar surface area (TPSA) is 73.8 Å². The standard InChI is InChI=1S/C11H10Cl2N4O/c1-2-17-11(15-5-16-17)10(18)6-3-7(12)9(14)8(13)4-6/h3-5H,2,14H2,1H3. The predicted octanol–water partition coefficient (Wildman–Crippen LogP) is 2.42. The molecule has 0 aliphatic heterocycles. The molecule has 0 aliphatic carbocycles. The van der Waals surface area contributed by atoms with Crippen LogP contribution in [0.4, 0.5) is 5.69 Å². The number of nitrogens with two attached hydrogens (primary N) is 1. The highest BCUT2D eigenvalue weighted by Crippen LogP contribution is 2.29. The van der Waals surface area contributed by atoms with Crippen LogP contribution < -0.4 is 5.73 Å². The molecule has 0 saturated carbocycles. The van der Waals surface area contributed by atoms with E-state index in [1.165, 1.54) is 23.1 Å². The van der Waals surface area contributed by atoms with Crippen LogP contribution in [0.3, 0.4) is 0 Å². The lowest BCUT2D eigenvalue weighted by Crippen LogP contribution is -2.12. The van der Waals surface area contributed by atoms with Crippen LogP contribution in [0.5, 0.6) is 0 Å². The van der Waals surface area contributed by atoms with Crippen LogP contribution in [-0.4, -0.2) is 20.5 Å². The zero-order valence-electron chi connectivity index (χ0n) is 9.52. The quantitative estimate of drug-likeness (QED) is 0.694. The molecule has 5 nitrogen and oxygen atoms in total. The lowest BCUT2D eigenvalue weighted by Gasteiger charge is -2.06. The van der Waals surface area contributed by atoms with E-state index in [4.69, 9.17) is 28.9 Å². The van der Waals surface area contributed by atoms with E-state index in [9.17, 15) is 4.79 Å². The normalized spacial score (nSPS) is 10.6. The van der Waals surface area contributed by atoms with Crippen molar-refractivity contribution in [3.05, 3.63) is 39.9 Å². The van der Waals surface area contributed by atoms with Crippen LogP contribution in [0, 0.1) is 0 Å². The summed E-state index contributed by atoms with van der Waals surface area (Å²) in [6.07, 6.45) is 1.33. The van der Waals surface area contributed by atoms with Gasteiger partial charge in [0.25, 0.3) is 0 Å². The van der Waals surface area contributed by atoms with Gasteiger partial charge in [0.15, 0.2) is 5.82 Å². The molecule has 94 valence electrons. The van der Waals surface area contributed by atoms with Crippen LogP contribution in [0.25, 0.3) is 0 Å². The molecule has 0 atom stereocenters. The summed E-state index contributed by atoms with van der Waals surface area (Å²) in [4.78, 5) is 16.2. The van der Waals surface area contributed by atoms with Crippen molar-refractivity contribution >= 4 is 34.7 Å². The Bertz CT molecular complexity index is 586. The molecule has 0 radical (unpaired) electrons. The summed E-state index contributed by atoms with van der Waals surface area (Å²) in [7, 11) is 0. The zero-order chi connectivity index (χ0) is 13.3. The van der Waals surface area contributed by atoms with Gasteiger partial charge in [0.05, 0.1) is 15.7 Å². The van der Waals surface area contributed by atoms with Crippen molar-refractivity contribution in [2.24, 2.45) is 0 Å². The van der Waals surface area contributed by atoms with E-state index in [0.717, 1.165) is 0 Å². The Kier molecular flexibility index (Phi) is 3.54. The number of carbonyl (C=O) groups excluding carboxylic acids is 1. The van der Waals surface area contributed by atoms with Gasteiger partial charge in [0, 0.05) is 12.1 Å². The number of aryl methyl sites for hydroxylation is 1. The Morgan fingerprint density at radius 1 is 1.39 bits per heavy atom. The van der Waals surface area contributed by atoms with Gasteiger partial charge in [-0.15, -0.1) is 0 Å². The van der Waals surface area contributed by atoms with Crippen molar-refractivity contribution in [1.82, 2.24) is 14.8 Å². The van der Waals surface area contributed by atoms with E-state index in [0.29, 0.717) is 12.1 Å². The Morgan fingerprint density at radius 2 is 2.00 bits per heavy atom. The number of benzene rings is 1. The summed E-state index contributed by atoms with van der Waals surface area (Å²) in [5.41, 5.74) is 6.21. The molecule has 1 heterocycles. The highest BCUT2D eigenvalue weighted by atomic mass is 35.5. The van der Waals surface area contributed by atoms with Gasteiger partial charge in [0.2, 0.25) is 5.78 Å². The number of hydrogen-bond donors (Lipinski definition) is 1. The van der Waals surface area contributed by atoms with E-state index in [1.807, 2.05) is 6.92 Å². The smallest absolute Gasteiger partial charge is 0.230 e. The summed E-state index contributed by atoms with van der Waals surface area (Å²) in [5, 5.41) is 4.43. The summed E-state index contributed by atoms with van der Waals surface area (Å²) in [6, 6.07) is 2.94. The minimum absolute atomic E-state index is 0.244. The maximum absolute atomic E-state index is 12.2. The number of rotatable bonds is 3. The molecule has 0 bridgehead atoms. The fourth-order valence-electron chi connectivity index (χ4n) is 1.52. The number of hydrogen-bond acceptors (Lipinski definition) is 4. The lowest BCUT2D eigenvalue weighted by atomic mass is 10.1. The molecule has 2 aromatic rings. The van der Waals surface area contributed by atoms with Gasteiger partial charge in [0.1, 0.15) is 6.33 Å². The molecule has 0 unspecified atom stereocenters. The van der Waals surface area contributed by atoms with Gasteiger partial charge in [-0.3, -0.25) is 4.79 Å². The second-order valence-corrected chi connectivity index (χ2v) is 4.40. The van der Waals surface area contributed by atoms with Crippen molar-refractivity contribution in [1.29, 1.82) is 0 Å². The van der Waals surface area contributed by atoms with E-state index in [2.05, 4.69) is 10.1 Å². The maximum Gasteiger partial charge on any atom is 0.230 e. The number of halogens is 2. The van der Waals surface area contributed by atoms with Crippen molar-refractivity contribution in [2.75, 3.05) is 5.73 Å². The van der Waals surface area contributed by atoms with Crippen molar-refractivity contribution < 1.29 is 4.79 Å². The van der Waals surface area contributed by atoms with Crippen molar-refractivity contribution in [2.45, 2.75) is 13.5 Å². The fraction of sp³-hybridized carbons (Fsp3) is 0.182. The molecular weight excluding hydrogens is 275 g/mol. The van der Waals surface area contributed by atoms with Gasteiger partial charge in [-0.05, 0) is 19.1 Å². The third-order valence-electron chi connectivity index (χ3n) is 2.46. The maximum atomic E-state index is 12.2. The average Bonchev–Trinajstić information content (AvgIpc) is 2.82. The van der Waals surface area contributed by atoms with Gasteiger partial charge in [-0.25, -0.2) is 9.67 Å². The first-order valence-corrected chi connectivity index (χ1v) is 5.97. The van der Waals surface area contributed by atoms with Crippen LogP contribution in [0.15, 0.2) is 18.5 Å². The SMILES string of the molecule is CCn1ncnc1C(=O)c1cc(Cl)c(N)c(Cl)c1. The Morgan fingerprint density at radius 3 is 2.56 bits per heavy atom. The van der Waals surface area contributed by atoms with E-state index in [-0.39, 0.29) is 27.3 Å². The first kappa shape index (κ1) is 12.9. The summed E-state index contributed by atoms with van der Waals surface area (Å²) >= 11 is 11.8. The number of anilines is 1. The first-order valence-electron chi connectivity index (χ1n) is 5.21. The van der Waals surface area contributed by atoms with E-state index >= 15 is 0 Å². The molecule has 0 spiro atoms. The Balaban J connectivity index is 2.47. The van der Waals surface area contributed by atoms with Crippen LogP contribution in [-0.2, 0) is 6.54 Å². The summed E-state index contributed by atoms with van der Waals surface area (Å²) in [5.74, 6) is -0.0486. The molecule has 0 fully saturated rings. The molecule has 18 heavy (non-hydrogen) atoms. The molecule has 2 N–H and O–H groups in total. The molecule has 2 rings (SSSR count). The molecule has 0 aliphatic rings. The number of carbonyl (C=O) groups is 1. The lowest BCUT2D eigenvalue weighted by molar-refractivity contribution is 0.102. The third-order valence-corrected chi connectivity index (χ3v) is 3.08. The number of nitrogens with zero attached hydrogens (tertiary/aromatic N) is 3. The predicted molar refractivity (Wildman–Crippen MR) is 70.0 cm³/mol. The monoisotopic (exact) mass is 284 g/mol. The van der Waals surface area contributed by atoms with Crippen LogP contribution in [0.2, 0.25) is 10.0 Å².